The van der Waals surface area contributed by atoms with E-state index < -0.39 is 11.6 Å². The molecule has 2 amide bonds. The quantitative estimate of drug-likeness (QED) is 0.472. The second-order valence-electron chi connectivity index (χ2n) is 10.7. The fraction of sp³-hybridized carbons (Fsp3) is 0.310. The largest absolute Gasteiger partial charge is 0.487 e. The predicted octanol–water partition coefficient (Wildman–Crippen LogP) is 6.08. The number of anilines is 1. The molecule has 3 heterocycles. The van der Waals surface area contributed by atoms with E-state index in [1.54, 1.807) is 19.9 Å². The van der Waals surface area contributed by atoms with Crippen LogP contribution in [0.15, 0.2) is 65.8 Å². The molecule has 0 fully saturated rings. The van der Waals surface area contributed by atoms with Gasteiger partial charge in [-0.05, 0) is 55.3 Å². The maximum atomic E-state index is 15.0. The van der Waals surface area contributed by atoms with E-state index in [-0.39, 0.29) is 29.8 Å². The van der Waals surface area contributed by atoms with Gasteiger partial charge in [0.2, 0.25) is 11.5 Å². The van der Waals surface area contributed by atoms with Crippen molar-refractivity contribution in [3.8, 4) is 17.2 Å². The summed E-state index contributed by atoms with van der Waals surface area (Å²) in [6.07, 6.45) is 0.765. The molecule has 7 nitrogen and oxygen atoms in total. The van der Waals surface area contributed by atoms with Gasteiger partial charge in [-0.25, -0.2) is 14.2 Å². The lowest BCUT2D eigenvalue weighted by Crippen LogP contribution is -2.30. The molecule has 0 spiro atoms. The molecule has 6 rings (SSSR count). The lowest BCUT2D eigenvalue weighted by molar-refractivity contribution is -0.0445. The van der Waals surface area contributed by atoms with Gasteiger partial charge in [0.05, 0.1) is 12.3 Å². The summed E-state index contributed by atoms with van der Waals surface area (Å²) >= 11 is 0. The average molecular weight is 502 g/mol. The molecule has 0 saturated carbocycles. The highest BCUT2D eigenvalue weighted by Gasteiger charge is 2.38. The van der Waals surface area contributed by atoms with Gasteiger partial charge in [0.1, 0.15) is 11.4 Å². The van der Waals surface area contributed by atoms with Gasteiger partial charge < -0.3 is 19.5 Å². The lowest BCUT2D eigenvalue weighted by Gasteiger charge is -2.17. The zero-order valence-corrected chi connectivity index (χ0v) is 21.2. The summed E-state index contributed by atoms with van der Waals surface area (Å²) in [5.74, 6) is -0.523. The number of hydrogen-bond donors (Lipinski definition) is 1. The summed E-state index contributed by atoms with van der Waals surface area (Å²) in [6, 6.07) is 18.1. The van der Waals surface area contributed by atoms with Gasteiger partial charge in [0.25, 0.3) is 0 Å². The Labute approximate surface area is 214 Å². The molecule has 1 unspecified atom stereocenters. The topological polar surface area (TPSA) is 72.4 Å². The molecule has 1 atom stereocenters. The highest BCUT2D eigenvalue weighted by Crippen LogP contribution is 2.44. The van der Waals surface area contributed by atoms with Crippen LogP contribution in [0.3, 0.4) is 0 Å². The second kappa shape index (κ2) is 8.23. The standard InChI is InChI=1S/C29H28FN3O4/c1-28(2)15-19-12-20(10-11-23(19)35-28)31-27(34)33-16-21(25(32-33)17-8-6-5-7-9-17)18-13-22(30)26-24(14-18)36-29(3,4)37-26/h5-14,21H,15-16H2,1-4H3,(H,31,34). The molecule has 0 saturated heterocycles. The average Bonchev–Trinajstić information content (AvgIpc) is 3.50. The number of nitrogens with one attached hydrogen (secondary N) is 1. The van der Waals surface area contributed by atoms with Crippen LogP contribution >= 0.6 is 0 Å². The fourth-order valence-corrected chi connectivity index (χ4v) is 5.13. The van der Waals surface area contributed by atoms with Crippen molar-refractivity contribution < 1.29 is 23.4 Å². The Hall–Kier alpha value is -4.07. The van der Waals surface area contributed by atoms with E-state index in [1.165, 1.54) is 11.1 Å². The first-order valence-corrected chi connectivity index (χ1v) is 12.3. The number of rotatable bonds is 3. The van der Waals surface area contributed by atoms with Crippen molar-refractivity contribution in [2.45, 2.75) is 51.4 Å². The molecule has 8 heteroatoms. The van der Waals surface area contributed by atoms with E-state index >= 15 is 4.39 Å². The van der Waals surface area contributed by atoms with E-state index in [2.05, 4.69) is 10.4 Å². The minimum atomic E-state index is -0.949. The lowest BCUT2D eigenvalue weighted by atomic mass is 9.90. The number of urea groups is 1. The van der Waals surface area contributed by atoms with Crippen molar-refractivity contribution in [2.75, 3.05) is 11.9 Å². The van der Waals surface area contributed by atoms with Crippen molar-refractivity contribution in [1.82, 2.24) is 5.01 Å². The number of carbonyl (C=O) groups excluding carboxylic acids is 1. The molecule has 3 aromatic carbocycles. The first kappa shape index (κ1) is 23.3. The first-order chi connectivity index (χ1) is 17.6. The number of amides is 2. The van der Waals surface area contributed by atoms with Crippen LogP contribution in [0.1, 0.15) is 50.3 Å². The van der Waals surface area contributed by atoms with Gasteiger partial charge in [-0.1, -0.05) is 30.3 Å². The third kappa shape index (κ3) is 4.37. The van der Waals surface area contributed by atoms with Crippen molar-refractivity contribution >= 4 is 17.4 Å². The van der Waals surface area contributed by atoms with E-state index in [9.17, 15) is 4.79 Å². The number of benzene rings is 3. The summed E-state index contributed by atoms with van der Waals surface area (Å²) in [6.45, 7) is 7.79. The fourth-order valence-electron chi connectivity index (χ4n) is 5.13. The van der Waals surface area contributed by atoms with Gasteiger partial charge >= 0.3 is 6.03 Å². The van der Waals surface area contributed by atoms with E-state index in [1.807, 2.05) is 62.4 Å². The third-order valence-corrected chi connectivity index (χ3v) is 6.67. The highest BCUT2D eigenvalue weighted by atomic mass is 19.1. The van der Waals surface area contributed by atoms with Crippen LogP contribution < -0.4 is 19.5 Å². The number of hydrogen-bond acceptors (Lipinski definition) is 5. The summed E-state index contributed by atoms with van der Waals surface area (Å²) < 4.78 is 32.4. The Balaban J connectivity index is 1.29. The molecule has 3 aliphatic rings. The van der Waals surface area contributed by atoms with Crippen molar-refractivity contribution in [2.24, 2.45) is 5.10 Å². The Morgan fingerprint density at radius 1 is 1.00 bits per heavy atom. The molecule has 0 aromatic heterocycles. The molecular weight excluding hydrogens is 473 g/mol. The highest BCUT2D eigenvalue weighted by molar-refractivity contribution is 6.08. The van der Waals surface area contributed by atoms with Crippen molar-refractivity contribution in [3.05, 3.63) is 83.2 Å². The van der Waals surface area contributed by atoms with Gasteiger partial charge in [0.15, 0.2) is 11.6 Å². The Kier molecular flexibility index (Phi) is 5.19. The van der Waals surface area contributed by atoms with Crippen LogP contribution in [0.5, 0.6) is 17.2 Å². The normalized spacial score (nSPS) is 20.3. The number of halogens is 1. The molecule has 37 heavy (non-hydrogen) atoms. The number of carbonyl (C=O) groups is 1. The molecule has 1 N–H and O–H groups in total. The van der Waals surface area contributed by atoms with Gasteiger partial charge in [-0.15, -0.1) is 0 Å². The molecular formula is C29H28FN3O4. The summed E-state index contributed by atoms with van der Waals surface area (Å²) in [7, 11) is 0. The van der Waals surface area contributed by atoms with E-state index in [4.69, 9.17) is 14.2 Å². The SMILES string of the molecule is CC1(C)Cc2cc(NC(=O)N3CC(c4cc(F)c5c(c4)OC(C)(C)O5)C(c4ccccc4)=N3)ccc2O1. The minimum Gasteiger partial charge on any atom is -0.487 e. The van der Waals surface area contributed by atoms with Crippen LogP contribution in [0, 0.1) is 5.82 Å². The Morgan fingerprint density at radius 3 is 2.57 bits per heavy atom. The zero-order chi connectivity index (χ0) is 25.9. The maximum absolute atomic E-state index is 15.0. The van der Waals surface area contributed by atoms with Crippen LogP contribution in [0.25, 0.3) is 0 Å². The maximum Gasteiger partial charge on any atom is 0.342 e. The number of hydrazone groups is 1. The molecule has 3 aliphatic heterocycles. The first-order valence-electron chi connectivity index (χ1n) is 12.3. The van der Waals surface area contributed by atoms with Gasteiger partial charge in [-0.2, -0.15) is 5.10 Å². The summed E-state index contributed by atoms with van der Waals surface area (Å²) in [4.78, 5) is 13.3. The number of nitrogens with zero attached hydrogens (tertiary/aromatic N) is 2. The third-order valence-electron chi connectivity index (χ3n) is 6.67. The van der Waals surface area contributed by atoms with E-state index in [0.717, 1.165) is 23.3 Å². The smallest absolute Gasteiger partial charge is 0.342 e. The van der Waals surface area contributed by atoms with E-state index in [0.29, 0.717) is 22.7 Å². The summed E-state index contributed by atoms with van der Waals surface area (Å²) in [5.41, 5.74) is 3.65. The number of ether oxygens (including phenoxy) is 3. The molecule has 3 aromatic rings. The minimum absolute atomic E-state index is 0.100. The molecule has 0 bridgehead atoms. The van der Waals surface area contributed by atoms with Gasteiger partial charge in [-0.3, -0.25) is 0 Å². The van der Waals surface area contributed by atoms with Crippen LogP contribution in [-0.2, 0) is 6.42 Å². The van der Waals surface area contributed by atoms with Crippen LogP contribution in [0.2, 0.25) is 0 Å². The van der Waals surface area contributed by atoms with Gasteiger partial charge in [0, 0.05) is 37.4 Å². The monoisotopic (exact) mass is 501 g/mol. The number of fused-ring (bicyclic) bond motifs is 2. The van der Waals surface area contributed by atoms with Crippen LogP contribution in [-0.4, -0.2) is 34.7 Å². The van der Waals surface area contributed by atoms with Crippen molar-refractivity contribution in [1.29, 1.82) is 0 Å². The Morgan fingerprint density at radius 2 is 1.78 bits per heavy atom. The zero-order valence-electron chi connectivity index (χ0n) is 21.2. The van der Waals surface area contributed by atoms with Crippen molar-refractivity contribution in [3.63, 3.8) is 0 Å². The molecule has 0 aliphatic carbocycles. The molecule has 0 radical (unpaired) electrons. The second-order valence-corrected chi connectivity index (χ2v) is 10.7. The van der Waals surface area contributed by atoms with Crippen LogP contribution in [0.4, 0.5) is 14.9 Å². The Bertz CT molecular complexity index is 1430. The molecule has 190 valence electrons. The summed E-state index contributed by atoms with van der Waals surface area (Å²) in [5, 5.41) is 9.03. The predicted molar refractivity (Wildman–Crippen MR) is 138 cm³/mol.